The van der Waals surface area contributed by atoms with Crippen LogP contribution in [0.25, 0.3) is 0 Å². The summed E-state index contributed by atoms with van der Waals surface area (Å²) in [6.45, 7) is 22.4. The van der Waals surface area contributed by atoms with E-state index in [2.05, 4.69) is 0 Å². The molecule has 7 N–H and O–H groups in total. The number of hydrogen-bond donors (Lipinski definition) is 7. The second kappa shape index (κ2) is 20.8. The molecule has 0 radical (unpaired) electrons. The number of methoxy groups -OCH3 is 1. The zero-order chi connectivity index (χ0) is 28.4. The van der Waals surface area contributed by atoms with Crippen molar-refractivity contribution in [2.75, 3.05) is 26.9 Å². The average molecular weight is 501 g/mol. The minimum atomic E-state index is -0.964. The average Bonchev–Trinajstić information content (AvgIpc) is 2.72. The highest BCUT2D eigenvalue weighted by Crippen LogP contribution is 2.15. The van der Waals surface area contributed by atoms with E-state index in [0.29, 0.717) is 12.5 Å². The van der Waals surface area contributed by atoms with Gasteiger partial charge in [0.2, 0.25) is 0 Å². The molecule has 0 aliphatic rings. The first kappa shape index (κ1) is 40.8. The van der Waals surface area contributed by atoms with Crippen LogP contribution in [-0.4, -0.2) is 92.2 Å². The van der Waals surface area contributed by atoms with E-state index in [1.165, 1.54) is 0 Å². The van der Waals surface area contributed by atoms with Gasteiger partial charge in [0, 0.05) is 13.0 Å². The number of aliphatic hydroxyl groups is 7. The van der Waals surface area contributed by atoms with E-state index in [4.69, 9.17) is 25.2 Å². The van der Waals surface area contributed by atoms with Gasteiger partial charge < -0.3 is 40.5 Å². The maximum absolute atomic E-state index is 9.45. The van der Waals surface area contributed by atoms with E-state index in [9.17, 15) is 15.3 Å². The molecule has 0 spiro atoms. The third kappa shape index (κ3) is 23.4. The summed E-state index contributed by atoms with van der Waals surface area (Å²) in [7, 11) is 1.66. The van der Waals surface area contributed by atoms with E-state index < -0.39 is 23.4 Å². The first-order chi connectivity index (χ1) is 15.1. The van der Waals surface area contributed by atoms with Gasteiger partial charge in [0.1, 0.15) is 0 Å². The Hall–Kier alpha value is -0.320. The normalized spacial score (nSPS) is 16.9. The molecule has 0 rings (SSSR count). The van der Waals surface area contributed by atoms with Crippen molar-refractivity contribution in [3.8, 4) is 0 Å². The SMILES string of the molecule is CC(C)C(C)(O)CO.CC(C)C(O)C(C)(C)O.CC(C)C(O)CO.COC[C@H](C)C(O)C(C)C. The smallest absolute Gasteiger partial charge is 0.0872 e. The number of ether oxygens (including phenoxy) is 1. The first-order valence-corrected chi connectivity index (χ1v) is 12.3. The van der Waals surface area contributed by atoms with Crippen LogP contribution >= 0.6 is 0 Å². The molecule has 34 heavy (non-hydrogen) atoms. The predicted octanol–water partition coefficient (Wildman–Crippen LogP) is 2.44. The van der Waals surface area contributed by atoms with Crippen molar-refractivity contribution in [2.45, 2.75) is 113 Å². The maximum atomic E-state index is 9.45. The quantitative estimate of drug-likeness (QED) is 0.242. The lowest BCUT2D eigenvalue weighted by Gasteiger charge is -2.27. The molecule has 0 saturated heterocycles. The molecule has 0 fully saturated rings. The minimum Gasteiger partial charge on any atom is -0.394 e. The minimum absolute atomic E-state index is 0.116. The lowest BCUT2D eigenvalue weighted by molar-refractivity contribution is -0.0695. The first-order valence-electron chi connectivity index (χ1n) is 12.3. The van der Waals surface area contributed by atoms with Gasteiger partial charge in [-0.3, -0.25) is 0 Å². The third-order valence-electron chi connectivity index (χ3n) is 5.57. The van der Waals surface area contributed by atoms with Crippen LogP contribution in [0, 0.1) is 29.6 Å². The van der Waals surface area contributed by atoms with E-state index >= 15 is 0 Å². The molecule has 0 aromatic rings. The molecule has 4 unspecified atom stereocenters. The molecular weight excluding hydrogens is 440 g/mol. The second-order valence-electron chi connectivity index (χ2n) is 11.2. The Bertz CT molecular complexity index is 431. The van der Waals surface area contributed by atoms with E-state index in [-0.39, 0.29) is 43.0 Å². The molecule has 8 heteroatoms. The van der Waals surface area contributed by atoms with Gasteiger partial charge in [-0.2, -0.15) is 0 Å². The molecular formula is C26H60O8. The summed E-state index contributed by atoms with van der Waals surface area (Å²) in [5.41, 5.74) is -1.87. The number of rotatable bonds is 10. The van der Waals surface area contributed by atoms with Crippen LogP contribution in [0.4, 0.5) is 0 Å². The van der Waals surface area contributed by atoms with E-state index in [0.717, 1.165) is 0 Å². The highest BCUT2D eigenvalue weighted by Gasteiger charge is 2.26. The molecule has 0 amide bonds. The zero-order valence-electron chi connectivity index (χ0n) is 24.3. The number of aliphatic hydroxyl groups excluding tert-OH is 5. The highest BCUT2D eigenvalue weighted by atomic mass is 16.5. The predicted molar refractivity (Wildman–Crippen MR) is 140 cm³/mol. The van der Waals surface area contributed by atoms with Crippen LogP contribution in [0.2, 0.25) is 0 Å². The summed E-state index contributed by atoms with van der Waals surface area (Å²) in [5.74, 6) is 0.970. The Kier molecular flexibility index (Phi) is 25.0. The summed E-state index contributed by atoms with van der Waals surface area (Å²) in [5, 5.41) is 62.5. The van der Waals surface area contributed by atoms with Crippen LogP contribution < -0.4 is 0 Å². The van der Waals surface area contributed by atoms with Gasteiger partial charge >= 0.3 is 0 Å². The maximum Gasteiger partial charge on any atom is 0.0872 e. The molecule has 0 heterocycles. The van der Waals surface area contributed by atoms with Crippen LogP contribution in [0.1, 0.15) is 83.1 Å². The van der Waals surface area contributed by atoms with Gasteiger partial charge in [-0.05, 0) is 44.4 Å². The van der Waals surface area contributed by atoms with Gasteiger partial charge in [0.25, 0.3) is 0 Å². The topological polar surface area (TPSA) is 151 Å². The van der Waals surface area contributed by atoms with Gasteiger partial charge in [-0.1, -0.05) is 62.3 Å². The molecule has 0 aliphatic carbocycles. The summed E-state index contributed by atoms with van der Waals surface area (Å²) < 4.78 is 4.91. The van der Waals surface area contributed by atoms with Crippen molar-refractivity contribution in [3.63, 3.8) is 0 Å². The highest BCUT2D eigenvalue weighted by molar-refractivity contribution is 4.78. The van der Waals surface area contributed by atoms with Gasteiger partial charge in [0.05, 0.1) is 49.3 Å². The van der Waals surface area contributed by atoms with Crippen LogP contribution in [-0.2, 0) is 4.74 Å². The number of hydrogen-bond acceptors (Lipinski definition) is 8. The van der Waals surface area contributed by atoms with E-state index in [1.807, 2.05) is 62.3 Å². The lowest BCUT2D eigenvalue weighted by atomic mass is 9.93. The summed E-state index contributed by atoms with van der Waals surface area (Å²) in [6.07, 6.45) is -1.41. The fourth-order valence-electron chi connectivity index (χ4n) is 2.23. The Morgan fingerprint density at radius 2 is 1.12 bits per heavy atom. The van der Waals surface area contributed by atoms with Crippen molar-refractivity contribution in [2.24, 2.45) is 29.6 Å². The molecule has 0 aromatic heterocycles. The van der Waals surface area contributed by atoms with Crippen molar-refractivity contribution in [1.82, 2.24) is 0 Å². The third-order valence-corrected chi connectivity index (χ3v) is 5.57. The van der Waals surface area contributed by atoms with Gasteiger partial charge in [0.15, 0.2) is 0 Å². The summed E-state index contributed by atoms with van der Waals surface area (Å²) >= 11 is 0. The van der Waals surface area contributed by atoms with Crippen LogP contribution in [0.5, 0.6) is 0 Å². The molecule has 8 nitrogen and oxygen atoms in total. The van der Waals surface area contributed by atoms with Crippen molar-refractivity contribution in [1.29, 1.82) is 0 Å². The standard InChI is InChI=1S/C8H18O2.C7H16O2.C6H14O2.C5H12O2/c1-6(2)8(9)7(3)5-10-4;1-5(2)6(8)7(3,4)9;1-5(2)6(3,8)4-7;1-4(2)5(7)3-6/h6-9H,5H2,1-4H3;5-6,8-9H,1-4H3;5,7-8H,4H2,1-3H3;4-7H,3H2,1-2H3/t7-,8?;;;/m0.../s1. The fourth-order valence-corrected chi connectivity index (χ4v) is 2.23. The van der Waals surface area contributed by atoms with Gasteiger partial charge in [-0.25, -0.2) is 0 Å². The Morgan fingerprint density at radius 3 is 1.21 bits per heavy atom. The molecule has 0 saturated carbocycles. The van der Waals surface area contributed by atoms with Crippen LogP contribution in [0.3, 0.4) is 0 Å². The summed E-state index contributed by atoms with van der Waals surface area (Å²) in [4.78, 5) is 0. The fraction of sp³-hybridized carbons (Fsp3) is 1.00. The Morgan fingerprint density at radius 1 is 0.706 bits per heavy atom. The largest absolute Gasteiger partial charge is 0.394 e. The molecule has 0 aliphatic heterocycles. The molecule has 212 valence electrons. The second-order valence-corrected chi connectivity index (χ2v) is 11.2. The lowest BCUT2D eigenvalue weighted by Crippen LogP contribution is -2.39. The van der Waals surface area contributed by atoms with Crippen molar-refractivity contribution in [3.05, 3.63) is 0 Å². The Balaban J connectivity index is -0.000000178. The summed E-state index contributed by atoms with van der Waals surface area (Å²) in [6, 6.07) is 0. The van der Waals surface area contributed by atoms with Crippen molar-refractivity contribution < 1.29 is 40.5 Å². The van der Waals surface area contributed by atoms with E-state index in [1.54, 1.807) is 27.9 Å². The Labute approximate surface area is 210 Å². The van der Waals surface area contributed by atoms with Crippen LogP contribution in [0.15, 0.2) is 0 Å². The van der Waals surface area contributed by atoms with Crippen molar-refractivity contribution >= 4 is 0 Å². The zero-order valence-corrected chi connectivity index (χ0v) is 24.3. The monoisotopic (exact) mass is 500 g/mol. The molecule has 5 atom stereocenters. The van der Waals surface area contributed by atoms with Gasteiger partial charge in [-0.15, -0.1) is 0 Å². The molecule has 0 aromatic carbocycles. The molecule has 0 bridgehead atoms.